The number of carbonyl (C=O) groups excluding carboxylic acids is 1. The summed E-state index contributed by atoms with van der Waals surface area (Å²) in [5.74, 6) is 1.94. The molecule has 4 fully saturated rings. The summed E-state index contributed by atoms with van der Waals surface area (Å²) < 4.78 is 38.4. The number of carbonyl (C=O) groups is 1. The number of likely N-dealkylation sites (tertiary alicyclic amines) is 1. The van der Waals surface area contributed by atoms with Crippen LogP contribution in [-0.4, -0.2) is 98.1 Å². The molecular formula is C42H50F2N8O3. The van der Waals surface area contributed by atoms with Gasteiger partial charge in [-0.05, 0) is 98.9 Å². The Balaban J connectivity index is 0.988. The lowest BCUT2D eigenvalue weighted by Gasteiger charge is -2.35. The number of nitrogens with zero attached hydrogens (tertiary/aromatic N) is 8. The largest absolute Gasteiger partial charge is 0.508 e. The normalized spacial score (nSPS) is 26.3. The van der Waals surface area contributed by atoms with Gasteiger partial charge in [0.2, 0.25) is 0 Å². The van der Waals surface area contributed by atoms with Crippen molar-refractivity contribution in [2.24, 2.45) is 11.8 Å². The molecule has 2 aromatic heterocycles. The molecular weight excluding hydrogens is 703 g/mol. The molecule has 10 rings (SSSR count). The molecule has 2 bridgehead atoms. The molecule has 1 saturated carbocycles. The van der Waals surface area contributed by atoms with E-state index < -0.39 is 6.17 Å². The number of anilines is 2. The van der Waals surface area contributed by atoms with E-state index in [1.165, 1.54) is 25.3 Å². The van der Waals surface area contributed by atoms with Crippen LogP contribution in [0.4, 0.5) is 20.3 Å². The number of rotatable bonds is 7. The number of ether oxygens (including phenoxy) is 1. The molecule has 0 radical (unpaired) electrons. The molecule has 1 aliphatic carbocycles. The van der Waals surface area contributed by atoms with Crippen LogP contribution in [0.2, 0.25) is 0 Å². The molecule has 55 heavy (non-hydrogen) atoms. The molecule has 0 spiro atoms. The SMILES string of the molecule is CCc1c(F)ccc2cc(O)cc(N3CCc4c(nc(OC[C@@]56CCCN5C[C@H](F)C6)nc4N4CCCn5nc(C(=O)N6CC7CCC(C7)C6)cc5C4)C3)c12. The Hall–Kier alpha value is -4.52. The van der Waals surface area contributed by atoms with Crippen molar-refractivity contribution in [3.05, 3.63) is 64.4 Å². The topological polar surface area (TPSA) is 103 Å². The number of piperidine rings is 1. The summed E-state index contributed by atoms with van der Waals surface area (Å²) in [5.41, 5.74) is 4.41. The number of amides is 1. The zero-order chi connectivity index (χ0) is 37.4. The van der Waals surface area contributed by atoms with Gasteiger partial charge in [0.15, 0.2) is 5.69 Å². The van der Waals surface area contributed by atoms with Gasteiger partial charge >= 0.3 is 6.01 Å². The fourth-order valence-electron chi connectivity index (χ4n) is 10.9. The minimum atomic E-state index is -0.865. The first-order chi connectivity index (χ1) is 26.7. The Bertz CT molecular complexity index is 2150. The summed E-state index contributed by atoms with van der Waals surface area (Å²) in [6, 6.07) is 8.88. The first-order valence-corrected chi connectivity index (χ1v) is 20.5. The smallest absolute Gasteiger partial charge is 0.318 e. The van der Waals surface area contributed by atoms with Gasteiger partial charge in [-0.15, -0.1) is 0 Å². The van der Waals surface area contributed by atoms with Crippen molar-refractivity contribution in [1.29, 1.82) is 0 Å². The van der Waals surface area contributed by atoms with Crippen molar-refractivity contribution in [3.63, 3.8) is 0 Å². The van der Waals surface area contributed by atoms with E-state index in [0.717, 1.165) is 84.7 Å². The number of hydrogen-bond donors (Lipinski definition) is 1. The van der Waals surface area contributed by atoms with E-state index in [1.54, 1.807) is 18.2 Å². The molecule has 11 nitrogen and oxygen atoms in total. The van der Waals surface area contributed by atoms with Gasteiger partial charge in [-0.25, -0.2) is 8.78 Å². The first-order valence-electron chi connectivity index (χ1n) is 20.5. The lowest BCUT2D eigenvalue weighted by Crippen LogP contribution is -2.43. The van der Waals surface area contributed by atoms with Crippen LogP contribution in [0.15, 0.2) is 30.3 Å². The van der Waals surface area contributed by atoms with Crippen LogP contribution in [0.5, 0.6) is 11.8 Å². The summed E-state index contributed by atoms with van der Waals surface area (Å²) in [4.78, 5) is 32.6. The molecule has 7 heterocycles. The maximum Gasteiger partial charge on any atom is 0.318 e. The highest BCUT2D eigenvalue weighted by atomic mass is 19.1. The summed E-state index contributed by atoms with van der Waals surface area (Å²) in [6.45, 7) is 8.28. The Morgan fingerprint density at radius 2 is 1.85 bits per heavy atom. The highest BCUT2D eigenvalue weighted by Crippen LogP contribution is 2.42. The third kappa shape index (κ3) is 6.17. The summed E-state index contributed by atoms with van der Waals surface area (Å²) in [6.07, 6.45) is 7.15. The zero-order valence-electron chi connectivity index (χ0n) is 31.7. The van der Waals surface area contributed by atoms with Crippen molar-refractivity contribution in [1.82, 2.24) is 29.5 Å². The van der Waals surface area contributed by atoms with Crippen LogP contribution in [-0.2, 0) is 32.5 Å². The first kappa shape index (κ1) is 34.9. The highest BCUT2D eigenvalue weighted by Gasteiger charge is 2.49. The summed E-state index contributed by atoms with van der Waals surface area (Å²) in [5, 5.41) is 17.2. The molecule has 290 valence electrons. The molecule has 3 saturated heterocycles. The van der Waals surface area contributed by atoms with Crippen LogP contribution in [0, 0.1) is 17.7 Å². The second kappa shape index (κ2) is 13.6. The molecule has 2 aromatic carbocycles. The molecule has 2 unspecified atom stereocenters. The average molecular weight is 753 g/mol. The van der Waals surface area contributed by atoms with Gasteiger partial charge in [-0.2, -0.15) is 15.1 Å². The van der Waals surface area contributed by atoms with E-state index in [2.05, 4.69) is 14.7 Å². The number of alkyl halides is 1. The predicted octanol–water partition coefficient (Wildman–Crippen LogP) is 6.03. The van der Waals surface area contributed by atoms with Gasteiger partial charge in [-0.1, -0.05) is 13.0 Å². The number of aryl methyl sites for hydroxylation is 2. The monoisotopic (exact) mass is 752 g/mol. The Morgan fingerprint density at radius 1 is 1.00 bits per heavy atom. The van der Waals surface area contributed by atoms with Crippen molar-refractivity contribution in [2.45, 2.75) is 96.1 Å². The van der Waals surface area contributed by atoms with E-state index >= 15 is 4.39 Å². The second-order valence-corrected chi connectivity index (χ2v) is 17.0. The number of hydrogen-bond acceptors (Lipinski definition) is 9. The Labute approximate surface area is 320 Å². The van der Waals surface area contributed by atoms with Crippen molar-refractivity contribution in [2.75, 3.05) is 55.7 Å². The summed E-state index contributed by atoms with van der Waals surface area (Å²) >= 11 is 0. The van der Waals surface area contributed by atoms with E-state index in [-0.39, 0.29) is 29.0 Å². The fourth-order valence-corrected chi connectivity index (χ4v) is 10.9. The molecule has 4 atom stereocenters. The zero-order valence-corrected chi connectivity index (χ0v) is 31.7. The second-order valence-electron chi connectivity index (χ2n) is 17.0. The van der Waals surface area contributed by atoms with Gasteiger partial charge in [0.1, 0.15) is 30.2 Å². The Kier molecular flexibility index (Phi) is 8.64. The van der Waals surface area contributed by atoms with Crippen molar-refractivity contribution >= 4 is 28.2 Å². The highest BCUT2D eigenvalue weighted by molar-refractivity contribution is 5.98. The maximum absolute atomic E-state index is 15.2. The maximum atomic E-state index is 15.2. The molecule has 1 amide bonds. The van der Waals surface area contributed by atoms with Crippen LogP contribution >= 0.6 is 0 Å². The molecule has 6 aliphatic rings. The number of aromatic hydroxyl groups is 1. The molecule has 1 N–H and O–H groups in total. The van der Waals surface area contributed by atoms with Gasteiger partial charge in [0.25, 0.3) is 5.91 Å². The standard InChI is InChI=1S/C42H50F2N8O3/c1-2-32-34(44)8-7-28-16-31(53)18-37(38(28)32)48-14-9-33-36(24-48)45-41(55-25-42-10-3-12-51(42)22-29(43)19-42)46-39(33)49-11-4-13-52-30(23-49)17-35(47-52)40(54)50-20-26-5-6-27(15-26)21-50/h7-8,16-18,26-27,29,53H,2-6,9-15,19-25H2,1H3/t26?,27?,29-,42+/m1/s1. The number of fused-ring (bicyclic) bond motifs is 6. The molecule has 13 heteroatoms. The summed E-state index contributed by atoms with van der Waals surface area (Å²) in [7, 11) is 0. The quantitative estimate of drug-likeness (QED) is 0.243. The van der Waals surface area contributed by atoms with Gasteiger partial charge in [0.05, 0.1) is 30.0 Å². The van der Waals surface area contributed by atoms with Gasteiger partial charge in [-0.3, -0.25) is 14.4 Å². The van der Waals surface area contributed by atoms with Crippen LogP contribution in [0.25, 0.3) is 10.8 Å². The number of aromatic nitrogens is 4. The lowest BCUT2D eigenvalue weighted by atomic mass is 9.95. The van der Waals surface area contributed by atoms with Crippen LogP contribution < -0.4 is 14.5 Å². The number of phenols is 1. The van der Waals surface area contributed by atoms with E-state index in [0.29, 0.717) is 81.7 Å². The van der Waals surface area contributed by atoms with Crippen LogP contribution in [0.3, 0.4) is 0 Å². The Morgan fingerprint density at radius 3 is 2.69 bits per heavy atom. The van der Waals surface area contributed by atoms with E-state index in [9.17, 15) is 14.3 Å². The molecule has 4 aromatic rings. The number of benzene rings is 2. The van der Waals surface area contributed by atoms with Crippen molar-refractivity contribution < 1.29 is 23.4 Å². The van der Waals surface area contributed by atoms with Gasteiger partial charge in [0, 0.05) is 68.4 Å². The minimum Gasteiger partial charge on any atom is -0.508 e. The van der Waals surface area contributed by atoms with E-state index in [4.69, 9.17) is 19.8 Å². The predicted molar refractivity (Wildman–Crippen MR) is 205 cm³/mol. The van der Waals surface area contributed by atoms with Crippen LogP contribution in [0.1, 0.15) is 84.9 Å². The minimum absolute atomic E-state index is 0.0345. The number of phenolic OH excluding ortho intramolecular Hbond substituents is 1. The average Bonchev–Trinajstić information content (AvgIpc) is 3.91. The third-order valence-electron chi connectivity index (χ3n) is 13.5. The third-order valence-corrected chi connectivity index (χ3v) is 13.5. The molecule has 5 aliphatic heterocycles. The van der Waals surface area contributed by atoms with Crippen molar-refractivity contribution in [3.8, 4) is 11.8 Å². The number of halogens is 2. The lowest BCUT2D eigenvalue weighted by molar-refractivity contribution is 0.0655. The van der Waals surface area contributed by atoms with Gasteiger partial charge < -0.3 is 24.5 Å². The van der Waals surface area contributed by atoms with E-state index in [1.807, 2.05) is 22.6 Å². The fraction of sp³-hybridized carbons (Fsp3) is 0.571.